The van der Waals surface area contributed by atoms with Crippen molar-refractivity contribution in [1.82, 2.24) is 0 Å². The first-order valence-electron chi connectivity index (χ1n) is 7.96. The molecule has 144 valence electrons. The lowest BCUT2D eigenvalue weighted by molar-refractivity contribution is -0.138. The van der Waals surface area contributed by atoms with Crippen molar-refractivity contribution in [3.8, 4) is 0 Å². The van der Waals surface area contributed by atoms with E-state index in [1.807, 2.05) is 0 Å². The molecule has 8 heteroatoms. The first-order valence-corrected chi connectivity index (χ1v) is 8.34. The van der Waals surface area contributed by atoms with Crippen LogP contribution in [0.4, 0.5) is 24.5 Å². The third kappa shape index (κ3) is 4.60. The molecule has 0 saturated carbocycles. The molecule has 2 aromatic rings. The number of nitrogens with one attached hydrogen (secondary N) is 1. The first-order chi connectivity index (χ1) is 12.4. The van der Waals surface area contributed by atoms with Gasteiger partial charge >= 0.3 is 6.18 Å². The van der Waals surface area contributed by atoms with E-state index in [2.05, 4.69) is 5.32 Å². The number of halogens is 4. The van der Waals surface area contributed by atoms with E-state index in [1.165, 1.54) is 31.9 Å². The Morgan fingerprint density at radius 1 is 1.04 bits per heavy atom. The molecule has 0 radical (unpaired) electrons. The summed E-state index contributed by atoms with van der Waals surface area (Å²) in [6.07, 6.45) is -4.66. The standard InChI is InChI=1S/C19H18ClF3N2O2/c1-18(2,17(27)25(3)13-7-5-4-6-8-13)16(26)24-12-9-10-15(20)14(11-12)19(21,22)23/h4-11H,1-3H3,(H,24,26). The van der Waals surface area contributed by atoms with Crippen LogP contribution in [0.2, 0.25) is 5.02 Å². The van der Waals surface area contributed by atoms with Gasteiger partial charge in [-0.2, -0.15) is 13.2 Å². The van der Waals surface area contributed by atoms with Crippen LogP contribution in [-0.2, 0) is 15.8 Å². The summed E-state index contributed by atoms with van der Waals surface area (Å²) in [6, 6.07) is 11.7. The number of hydrogen-bond acceptors (Lipinski definition) is 2. The third-order valence-electron chi connectivity index (χ3n) is 4.08. The molecule has 0 aromatic heterocycles. The number of hydrogen-bond donors (Lipinski definition) is 1. The highest BCUT2D eigenvalue weighted by Crippen LogP contribution is 2.36. The lowest BCUT2D eigenvalue weighted by atomic mass is 9.90. The van der Waals surface area contributed by atoms with Crippen molar-refractivity contribution < 1.29 is 22.8 Å². The van der Waals surface area contributed by atoms with Crippen LogP contribution in [0.15, 0.2) is 48.5 Å². The second kappa shape index (κ2) is 7.60. The van der Waals surface area contributed by atoms with Crippen LogP contribution in [0.5, 0.6) is 0 Å². The van der Waals surface area contributed by atoms with Crippen LogP contribution >= 0.6 is 11.6 Å². The highest BCUT2D eigenvalue weighted by molar-refractivity contribution is 6.31. The van der Waals surface area contributed by atoms with E-state index in [0.29, 0.717) is 5.69 Å². The fourth-order valence-electron chi connectivity index (χ4n) is 2.39. The average Bonchev–Trinajstić information content (AvgIpc) is 2.61. The van der Waals surface area contributed by atoms with E-state index in [0.717, 1.165) is 12.1 Å². The third-order valence-corrected chi connectivity index (χ3v) is 4.41. The summed E-state index contributed by atoms with van der Waals surface area (Å²) >= 11 is 5.57. The fourth-order valence-corrected chi connectivity index (χ4v) is 2.62. The van der Waals surface area contributed by atoms with E-state index in [4.69, 9.17) is 11.6 Å². The van der Waals surface area contributed by atoms with Crippen LogP contribution in [0.25, 0.3) is 0 Å². The number of benzene rings is 2. The van der Waals surface area contributed by atoms with Gasteiger partial charge in [-0.3, -0.25) is 9.59 Å². The Labute approximate surface area is 159 Å². The van der Waals surface area contributed by atoms with Gasteiger partial charge in [0.15, 0.2) is 0 Å². The van der Waals surface area contributed by atoms with Gasteiger partial charge < -0.3 is 10.2 Å². The van der Waals surface area contributed by atoms with Gasteiger partial charge in [-0.1, -0.05) is 29.8 Å². The number of nitrogens with zero attached hydrogens (tertiary/aromatic N) is 1. The molecule has 0 aliphatic carbocycles. The Hall–Kier alpha value is -2.54. The predicted octanol–water partition coefficient (Wildman–Crippen LogP) is 4.99. The number of para-hydroxylation sites is 1. The molecule has 0 spiro atoms. The van der Waals surface area contributed by atoms with Crippen molar-refractivity contribution in [2.45, 2.75) is 20.0 Å². The summed E-state index contributed by atoms with van der Waals surface area (Å²) < 4.78 is 38.9. The molecule has 4 nitrogen and oxygen atoms in total. The summed E-state index contributed by atoms with van der Waals surface area (Å²) in [7, 11) is 1.52. The normalized spacial score (nSPS) is 11.8. The summed E-state index contributed by atoms with van der Waals surface area (Å²) in [4.78, 5) is 26.6. The highest BCUT2D eigenvalue weighted by Gasteiger charge is 2.39. The molecule has 2 rings (SSSR count). The molecule has 0 heterocycles. The largest absolute Gasteiger partial charge is 0.417 e. The molecule has 0 aliphatic heterocycles. The van der Waals surface area contributed by atoms with Crippen LogP contribution < -0.4 is 10.2 Å². The fraction of sp³-hybridized carbons (Fsp3) is 0.263. The van der Waals surface area contributed by atoms with Crippen LogP contribution in [-0.4, -0.2) is 18.9 Å². The number of amides is 2. The molecule has 2 amide bonds. The van der Waals surface area contributed by atoms with Crippen LogP contribution in [0.1, 0.15) is 19.4 Å². The van der Waals surface area contributed by atoms with Gasteiger partial charge in [0.2, 0.25) is 11.8 Å². The van der Waals surface area contributed by atoms with Crippen molar-refractivity contribution in [3.63, 3.8) is 0 Å². The Bertz CT molecular complexity index is 852. The van der Waals surface area contributed by atoms with Gasteiger partial charge in [-0.25, -0.2) is 0 Å². The van der Waals surface area contributed by atoms with E-state index >= 15 is 0 Å². The molecule has 0 saturated heterocycles. The Balaban J connectivity index is 2.22. The molecule has 0 aliphatic rings. The Morgan fingerprint density at radius 2 is 1.63 bits per heavy atom. The van der Waals surface area contributed by atoms with Gasteiger partial charge in [0.25, 0.3) is 0 Å². The van der Waals surface area contributed by atoms with E-state index < -0.39 is 34.0 Å². The van der Waals surface area contributed by atoms with Crippen LogP contribution in [0.3, 0.4) is 0 Å². The molecule has 0 bridgehead atoms. The zero-order valence-corrected chi connectivity index (χ0v) is 15.7. The summed E-state index contributed by atoms with van der Waals surface area (Å²) in [5.41, 5.74) is -2.08. The molecule has 0 unspecified atom stereocenters. The maximum absolute atomic E-state index is 13.0. The topological polar surface area (TPSA) is 49.4 Å². The lowest BCUT2D eigenvalue weighted by Crippen LogP contribution is -2.46. The van der Waals surface area contributed by atoms with E-state index in [1.54, 1.807) is 30.3 Å². The van der Waals surface area contributed by atoms with Crippen molar-refractivity contribution in [1.29, 1.82) is 0 Å². The highest BCUT2D eigenvalue weighted by atomic mass is 35.5. The second-order valence-electron chi connectivity index (χ2n) is 6.47. The number of rotatable bonds is 4. The monoisotopic (exact) mass is 398 g/mol. The van der Waals surface area contributed by atoms with Crippen molar-refractivity contribution in [2.24, 2.45) is 5.41 Å². The second-order valence-corrected chi connectivity index (χ2v) is 6.88. The zero-order chi connectivity index (χ0) is 20.4. The van der Waals surface area contributed by atoms with Crippen molar-refractivity contribution >= 4 is 34.8 Å². The molecule has 1 N–H and O–H groups in total. The molecule has 0 fully saturated rings. The molecule has 2 aromatic carbocycles. The first kappa shape index (κ1) is 20.8. The molecule has 0 atom stereocenters. The maximum Gasteiger partial charge on any atom is 0.417 e. The van der Waals surface area contributed by atoms with Gasteiger partial charge in [0.05, 0.1) is 10.6 Å². The zero-order valence-electron chi connectivity index (χ0n) is 14.9. The summed E-state index contributed by atoms with van der Waals surface area (Å²) in [5, 5.41) is 1.89. The number of alkyl halides is 3. The van der Waals surface area contributed by atoms with Crippen molar-refractivity contribution in [3.05, 3.63) is 59.1 Å². The van der Waals surface area contributed by atoms with E-state index in [9.17, 15) is 22.8 Å². The smallest absolute Gasteiger partial charge is 0.325 e. The molecular formula is C19H18ClF3N2O2. The van der Waals surface area contributed by atoms with Crippen LogP contribution in [0, 0.1) is 5.41 Å². The molecule has 27 heavy (non-hydrogen) atoms. The minimum absolute atomic E-state index is 0.0973. The summed E-state index contributed by atoms with van der Waals surface area (Å²) in [6.45, 7) is 2.81. The van der Waals surface area contributed by atoms with Gasteiger partial charge in [-0.05, 0) is 44.2 Å². The Morgan fingerprint density at radius 3 is 2.19 bits per heavy atom. The lowest BCUT2D eigenvalue weighted by Gasteiger charge is -2.28. The van der Waals surface area contributed by atoms with E-state index in [-0.39, 0.29) is 5.69 Å². The Kier molecular flexibility index (Phi) is 5.85. The maximum atomic E-state index is 13.0. The minimum atomic E-state index is -4.66. The number of carbonyl (C=O) groups excluding carboxylic acids is 2. The number of anilines is 2. The SMILES string of the molecule is CN(C(=O)C(C)(C)C(=O)Nc1ccc(Cl)c(C(F)(F)F)c1)c1ccccc1. The van der Waals surface area contributed by atoms with Gasteiger partial charge in [-0.15, -0.1) is 0 Å². The van der Waals surface area contributed by atoms with Crippen molar-refractivity contribution in [2.75, 3.05) is 17.3 Å². The average molecular weight is 399 g/mol. The van der Waals surface area contributed by atoms with Gasteiger partial charge in [0.1, 0.15) is 5.41 Å². The van der Waals surface area contributed by atoms with Gasteiger partial charge in [0, 0.05) is 18.4 Å². The minimum Gasteiger partial charge on any atom is -0.325 e. The molecular weight excluding hydrogens is 381 g/mol. The number of carbonyl (C=O) groups is 2. The predicted molar refractivity (Wildman–Crippen MR) is 98.7 cm³/mol. The summed E-state index contributed by atoms with van der Waals surface area (Å²) in [5.74, 6) is -1.23. The quantitative estimate of drug-likeness (QED) is 0.738.